The van der Waals surface area contributed by atoms with Crippen molar-refractivity contribution in [3.05, 3.63) is 0 Å². The molecule has 0 aromatic rings. The number of rotatable bonds is 4. The van der Waals surface area contributed by atoms with Crippen LogP contribution in [0.3, 0.4) is 0 Å². The molecular formula is C20H35N5O3. The highest BCUT2D eigenvalue weighted by Crippen LogP contribution is 2.18. The van der Waals surface area contributed by atoms with Crippen LogP contribution >= 0.6 is 0 Å². The van der Waals surface area contributed by atoms with Crippen molar-refractivity contribution in [3.63, 3.8) is 0 Å². The van der Waals surface area contributed by atoms with Gasteiger partial charge in [0.2, 0.25) is 5.91 Å². The first kappa shape index (κ1) is 20.7. The zero-order chi connectivity index (χ0) is 20.1. The number of carbonyl (C=O) groups excluding carboxylic acids is 2. The van der Waals surface area contributed by atoms with E-state index < -0.39 is 5.60 Å². The summed E-state index contributed by atoms with van der Waals surface area (Å²) >= 11 is 0. The lowest BCUT2D eigenvalue weighted by atomic mass is 10.2. The normalized spacial score (nSPS) is 23.2. The third kappa shape index (κ3) is 5.52. The quantitative estimate of drug-likeness (QED) is 0.735. The van der Waals surface area contributed by atoms with E-state index in [1.807, 2.05) is 25.7 Å². The molecular weight excluding hydrogens is 358 g/mol. The van der Waals surface area contributed by atoms with E-state index in [1.54, 1.807) is 4.90 Å². The maximum absolute atomic E-state index is 12.3. The van der Waals surface area contributed by atoms with Gasteiger partial charge in [0.15, 0.2) is 5.96 Å². The van der Waals surface area contributed by atoms with Crippen LogP contribution < -0.4 is 5.32 Å². The second-order valence-electron chi connectivity index (χ2n) is 8.91. The van der Waals surface area contributed by atoms with Gasteiger partial charge >= 0.3 is 6.09 Å². The molecule has 0 saturated carbocycles. The number of hydrogen-bond acceptors (Lipinski definition) is 6. The highest BCUT2D eigenvalue weighted by molar-refractivity contribution is 5.82. The minimum absolute atomic E-state index is 0.218. The predicted molar refractivity (Wildman–Crippen MR) is 108 cm³/mol. The molecule has 2 saturated heterocycles. The smallest absolute Gasteiger partial charge is 0.410 e. The Labute approximate surface area is 168 Å². The molecule has 0 bridgehead atoms. The number of nitrogens with one attached hydrogen (secondary N) is 1. The highest BCUT2D eigenvalue weighted by Gasteiger charge is 2.36. The van der Waals surface area contributed by atoms with Crippen LogP contribution in [0, 0.1) is 0 Å². The number of guanidine groups is 1. The van der Waals surface area contributed by atoms with E-state index >= 15 is 0 Å². The standard InChI is InChI=1S/C20H35N5O3/c1-20(2,3)28-19(27)24-12-13-25-16(15-24)14-22-18(25)21-9-7-11-23-10-6-4-5-8-17(23)26/h16H,4-15H2,1-3H3,(H,21,22). The van der Waals surface area contributed by atoms with E-state index in [2.05, 4.69) is 15.2 Å². The van der Waals surface area contributed by atoms with Gasteiger partial charge in [0.1, 0.15) is 5.60 Å². The van der Waals surface area contributed by atoms with Gasteiger partial charge in [-0.3, -0.25) is 9.79 Å². The average molecular weight is 394 g/mol. The Kier molecular flexibility index (Phi) is 6.67. The molecule has 0 radical (unpaired) electrons. The second-order valence-corrected chi connectivity index (χ2v) is 8.91. The minimum atomic E-state index is -0.470. The predicted octanol–water partition coefficient (Wildman–Crippen LogP) is 1.66. The van der Waals surface area contributed by atoms with Crippen molar-refractivity contribution < 1.29 is 14.3 Å². The van der Waals surface area contributed by atoms with Crippen molar-refractivity contribution >= 4 is 18.0 Å². The summed E-state index contributed by atoms with van der Waals surface area (Å²) in [6.45, 7) is 10.9. The van der Waals surface area contributed by atoms with Gasteiger partial charge in [0.05, 0.1) is 12.6 Å². The fourth-order valence-electron chi connectivity index (χ4n) is 3.97. The molecule has 1 N–H and O–H groups in total. The third-order valence-electron chi connectivity index (χ3n) is 5.42. The van der Waals surface area contributed by atoms with Crippen LogP contribution in [0.15, 0.2) is 4.99 Å². The van der Waals surface area contributed by atoms with Crippen LogP contribution in [-0.2, 0) is 9.53 Å². The van der Waals surface area contributed by atoms with E-state index in [0.717, 1.165) is 57.8 Å². The van der Waals surface area contributed by atoms with Gasteiger partial charge < -0.3 is 24.8 Å². The van der Waals surface area contributed by atoms with E-state index in [-0.39, 0.29) is 12.1 Å². The van der Waals surface area contributed by atoms with E-state index in [4.69, 9.17) is 4.74 Å². The van der Waals surface area contributed by atoms with Gasteiger partial charge in [-0.2, -0.15) is 0 Å². The Morgan fingerprint density at radius 1 is 1.21 bits per heavy atom. The van der Waals surface area contributed by atoms with Crippen molar-refractivity contribution in [1.29, 1.82) is 0 Å². The number of aliphatic imine (C=N–C) groups is 1. The summed E-state index contributed by atoms with van der Waals surface area (Å²) in [5.41, 5.74) is -0.470. The molecule has 0 aromatic heterocycles. The Bertz CT molecular complexity index is 601. The van der Waals surface area contributed by atoms with Crippen LogP contribution in [0.25, 0.3) is 0 Å². The molecule has 2 amide bonds. The Morgan fingerprint density at radius 2 is 2.04 bits per heavy atom. The lowest BCUT2D eigenvalue weighted by Crippen LogP contribution is -2.57. The first-order chi connectivity index (χ1) is 13.3. The molecule has 3 rings (SSSR count). The summed E-state index contributed by atoms with van der Waals surface area (Å²) in [6, 6.07) is 0.218. The SMILES string of the molecule is CC(C)(C)OC(=O)N1CCN2C(NCCCN3CCCCCC3=O)=NCC2C1. The molecule has 0 aliphatic carbocycles. The minimum Gasteiger partial charge on any atom is -0.444 e. The summed E-state index contributed by atoms with van der Waals surface area (Å²) in [5, 5.41) is 3.44. The first-order valence-corrected chi connectivity index (χ1v) is 10.6. The molecule has 158 valence electrons. The van der Waals surface area contributed by atoms with Crippen LogP contribution in [-0.4, -0.2) is 90.1 Å². The fourth-order valence-corrected chi connectivity index (χ4v) is 3.97. The Morgan fingerprint density at radius 3 is 2.82 bits per heavy atom. The summed E-state index contributed by atoms with van der Waals surface area (Å²) in [6.07, 6.45) is 4.69. The topological polar surface area (TPSA) is 77.5 Å². The van der Waals surface area contributed by atoms with Crippen molar-refractivity contribution in [3.8, 4) is 0 Å². The molecule has 1 unspecified atom stereocenters. The van der Waals surface area contributed by atoms with Crippen LogP contribution in [0.4, 0.5) is 4.79 Å². The Balaban J connectivity index is 1.39. The molecule has 3 aliphatic rings. The number of fused-ring (bicyclic) bond motifs is 1. The van der Waals surface area contributed by atoms with Crippen LogP contribution in [0.2, 0.25) is 0 Å². The van der Waals surface area contributed by atoms with Crippen molar-refractivity contribution in [2.45, 2.75) is 64.5 Å². The second kappa shape index (κ2) is 9.01. The van der Waals surface area contributed by atoms with E-state index in [9.17, 15) is 9.59 Å². The van der Waals surface area contributed by atoms with Gasteiger partial charge in [0, 0.05) is 45.7 Å². The van der Waals surface area contributed by atoms with Crippen LogP contribution in [0.5, 0.6) is 0 Å². The first-order valence-electron chi connectivity index (χ1n) is 10.6. The molecule has 8 heteroatoms. The largest absolute Gasteiger partial charge is 0.444 e. The van der Waals surface area contributed by atoms with Crippen molar-refractivity contribution in [1.82, 2.24) is 20.0 Å². The number of likely N-dealkylation sites (tertiary alicyclic amines) is 1. The van der Waals surface area contributed by atoms with Gasteiger partial charge in [0.25, 0.3) is 0 Å². The Hall–Kier alpha value is -1.99. The number of amides is 2. The van der Waals surface area contributed by atoms with E-state index in [1.165, 1.54) is 0 Å². The molecule has 1 atom stereocenters. The van der Waals surface area contributed by atoms with Crippen LogP contribution in [0.1, 0.15) is 52.9 Å². The number of hydrogen-bond donors (Lipinski definition) is 1. The zero-order valence-corrected chi connectivity index (χ0v) is 17.6. The molecule has 3 heterocycles. The van der Waals surface area contributed by atoms with Crippen molar-refractivity contribution in [2.24, 2.45) is 4.99 Å². The van der Waals surface area contributed by atoms with Crippen molar-refractivity contribution in [2.75, 3.05) is 45.8 Å². The maximum atomic E-state index is 12.3. The molecule has 28 heavy (non-hydrogen) atoms. The summed E-state index contributed by atoms with van der Waals surface area (Å²) in [4.78, 5) is 35.0. The molecule has 8 nitrogen and oxygen atoms in total. The van der Waals surface area contributed by atoms with Gasteiger partial charge in [-0.15, -0.1) is 0 Å². The van der Waals surface area contributed by atoms with E-state index in [0.29, 0.717) is 32.0 Å². The van der Waals surface area contributed by atoms with Gasteiger partial charge in [-0.25, -0.2) is 4.79 Å². The fraction of sp³-hybridized carbons (Fsp3) is 0.850. The van der Waals surface area contributed by atoms with Gasteiger partial charge in [-0.05, 0) is 40.0 Å². The zero-order valence-electron chi connectivity index (χ0n) is 17.6. The lowest BCUT2D eigenvalue weighted by Gasteiger charge is -2.39. The molecule has 2 fully saturated rings. The number of carbonyl (C=O) groups is 2. The molecule has 0 aromatic carbocycles. The summed E-state index contributed by atoms with van der Waals surface area (Å²) in [7, 11) is 0. The lowest BCUT2D eigenvalue weighted by molar-refractivity contribution is -0.130. The number of piperazine rings is 1. The number of nitrogens with zero attached hydrogens (tertiary/aromatic N) is 4. The molecule has 0 spiro atoms. The highest BCUT2D eigenvalue weighted by atomic mass is 16.6. The van der Waals surface area contributed by atoms with Gasteiger partial charge in [-0.1, -0.05) is 6.42 Å². The monoisotopic (exact) mass is 393 g/mol. The average Bonchev–Trinajstić information content (AvgIpc) is 2.92. The maximum Gasteiger partial charge on any atom is 0.410 e. The molecule has 3 aliphatic heterocycles. The summed E-state index contributed by atoms with van der Waals surface area (Å²) in [5.74, 6) is 1.23. The number of ether oxygens (including phenoxy) is 1. The third-order valence-corrected chi connectivity index (χ3v) is 5.42. The summed E-state index contributed by atoms with van der Waals surface area (Å²) < 4.78 is 5.49.